The first-order valence-corrected chi connectivity index (χ1v) is 7.94. The number of amides is 1. The van der Waals surface area contributed by atoms with Gasteiger partial charge in [-0.05, 0) is 31.9 Å². The predicted octanol–water partition coefficient (Wildman–Crippen LogP) is 2.16. The van der Waals surface area contributed by atoms with Crippen LogP contribution in [0.3, 0.4) is 0 Å². The monoisotopic (exact) mass is 314 g/mol. The van der Waals surface area contributed by atoms with E-state index in [9.17, 15) is 9.90 Å². The summed E-state index contributed by atoms with van der Waals surface area (Å²) in [7, 11) is 1.74. The van der Waals surface area contributed by atoms with Crippen LogP contribution in [0.25, 0.3) is 11.4 Å². The Morgan fingerprint density at radius 3 is 2.52 bits per heavy atom. The highest BCUT2D eigenvalue weighted by atomic mass is 16.3. The molecule has 6 heteroatoms. The Labute approximate surface area is 135 Å². The van der Waals surface area contributed by atoms with E-state index in [2.05, 4.69) is 15.2 Å². The summed E-state index contributed by atoms with van der Waals surface area (Å²) in [6.07, 6.45) is 3.61. The summed E-state index contributed by atoms with van der Waals surface area (Å²) < 4.78 is 0. The predicted molar refractivity (Wildman–Crippen MR) is 86.9 cm³/mol. The van der Waals surface area contributed by atoms with E-state index < -0.39 is 5.60 Å². The van der Waals surface area contributed by atoms with Crippen molar-refractivity contribution in [2.75, 3.05) is 13.6 Å². The molecule has 122 valence electrons. The molecule has 0 saturated heterocycles. The van der Waals surface area contributed by atoms with Gasteiger partial charge in [-0.2, -0.15) is 5.10 Å². The van der Waals surface area contributed by atoms with E-state index in [1.807, 2.05) is 19.1 Å². The topological polar surface area (TPSA) is 82.1 Å². The maximum Gasteiger partial charge on any atom is 0.253 e. The maximum absolute atomic E-state index is 12.5. The van der Waals surface area contributed by atoms with Crippen LogP contribution in [0, 0.1) is 6.92 Å². The van der Waals surface area contributed by atoms with E-state index in [1.54, 1.807) is 24.1 Å². The number of likely N-dealkylation sites (N-methyl/N-ethyl adjacent to an activating group) is 1. The minimum absolute atomic E-state index is 0.0805. The fourth-order valence-electron chi connectivity index (χ4n) is 3.16. The number of carbonyl (C=O) groups is 1. The van der Waals surface area contributed by atoms with Crippen molar-refractivity contribution in [2.45, 2.75) is 38.2 Å². The van der Waals surface area contributed by atoms with Gasteiger partial charge in [-0.3, -0.25) is 9.89 Å². The summed E-state index contributed by atoms with van der Waals surface area (Å²) in [5.41, 5.74) is 0.744. The summed E-state index contributed by atoms with van der Waals surface area (Å²) in [5, 5.41) is 17.4. The third-order valence-corrected chi connectivity index (χ3v) is 4.40. The zero-order valence-electron chi connectivity index (χ0n) is 13.5. The lowest BCUT2D eigenvalue weighted by Crippen LogP contribution is -2.42. The van der Waals surface area contributed by atoms with Crippen molar-refractivity contribution in [3.05, 3.63) is 35.7 Å². The van der Waals surface area contributed by atoms with Crippen LogP contribution in [0.5, 0.6) is 0 Å². The highest BCUT2D eigenvalue weighted by molar-refractivity contribution is 5.94. The molecule has 0 radical (unpaired) electrons. The zero-order valence-corrected chi connectivity index (χ0v) is 13.5. The minimum atomic E-state index is -0.721. The molecule has 0 bridgehead atoms. The Bertz CT molecular complexity index is 687. The van der Waals surface area contributed by atoms with E-state index in [1.165, 1.54) is 0 Å². The lowest BCUT2D eigenvalue weighted by atomic mass is 10.0. The fraction of sp³-hybridized carbons (Fsp3) is 0.471. The summed E-state index contributed by atoms with van der Waals surface area (Å²) in [6.45, 7) is 2.23. The van der Waals surface area contributed by atoms with Gasteiger partial charge < -0.3 is 10.0 Å². The smallest absolute Gasteiger partial charge is 0.253 e. The van der Waals surface area contributed by atoms with Crippen molar-refractivity contribution in [1.82, 2.24) is 20.1 Å². The van der Waals surface area contributed by atoms with Crippen LogP contribution in [0.1, 0.15) is 41.9 Å². The van der Waals surface area contributed by atoms with Crippen LogP contribution in [0.2, 0.25) is 0 Å². The Kier molecular flexibility index (Phi) is 4.17. The molecule has 2 N–H and O–H groups in total. The number of hydrogen-bond acceptors (Lipinski definition) is 4. The van der Waals surface area contributed by atoms with Gasteiger partial charge in [0.15, 0.2) is 5.82 Å². The molecular formula is C17H22N4O2. The van der Waals surface area contributed by atoms with E-state index in [0.717, 1.165) is 37.1 Å². The van der Waals surface area contributed by atoms with E-state index in [-0.39, 0.29) is 5.91 Å². The SMILES string of the molecule is Cc1nc(-c2ccc(C(=O)N(C)CC3(O)CCCC3)cc2)n[nH]1. The number of carbonyl (C=O) groups excluding carboxylic acids is 1. The number of nitrogens with zero attached hydrogens (tertiary/aromatic N) is 3. The van der Waals surface area contributed by atoms with Gasteiger partial charge in [-0.15, -0.1) is 0 Å². The summed E-state index contributed by atoms with van der Waals surface area (Å²) in [4.78, 5) is 18.4. The van der Waals surface area contributed by atoms with Crippen LogP contribution in [0.15, 0.2) is 24.3 Å². The van der Waals surface area contributed by atoms with Gasteiger partial charge in [0, 0.05) is 24.7 Å². The number of aromatic amines is 1. The van der Waals surface area contributed by atoms with Crippen molar-refractivity contribution in [2.24, 2.45) is 0 Å². The van der Waals surface area contributed by atoms with Crippen LogP contribution < -0.4 is 0 Å². The standard InChI is InChI=1S/C17H22N4O2/c1-12-18-15(20-19-12)13-5-7-14(8-6-13)16(22)21(2)11-17(23)9-3-4-10-17/h5-8,23H,3-4,9-11H2,1-2H3,(H,18,19,20). The molecule has 1 heterocycles. The highest BCUT2D eigenvalue weighted by Gasteiger charge is 2.33. The largest absolute Gasteiger partial charge is 0.388 e. The molecule has 1 aromatic carbocycles. The van der Waals surface area contributed by atoms with E-state index in [0.29, 0.717) is 17.9 Å². The molecule has 0 atom stereocenters. The molecule has 1 saturated carbocycles. The second kappa shape index (κ2) is 6.12. The number of rotatable bonds is 4. The number of nitrogens with one attached hydrogen (secondary N) is 1. The normalized spacial score (nSPS) is 16.5. The lowest BCUT2D eigenvalue weighted by Gasteiger charge is -2.28. The summed E-state index contributed by atoms with van der Waals surface area (Å²) in [6, 6.07) is 7.24. The van der Waals surface area contributed by atoms with Crippen molar-refractivity contribution in [3.63, 3.8) is 0 Å². The lowest BCUT2D eigenvalue weighted by molar-refractivity contribution is 0.0157. The van der Waals surface area contributed by atoms with Gasteiger partial charge in [-0.1, -0.05) is 25.0 Å². The maximum atomic E-state index is 12.5. The molecule has 0 unspecified atom stereocenters. The van der Waals surface area contributed by atoms with Gasteiger partial charge in [0.2, 0.25) is 0 Å². The molecule has 1 amide bonds. The van der Waals surface area contributed by atoms with Gasteiger partial charge in [0.1, 0.15) is 5.82 Å². The fourth-order valence-corrected chi connectivity index (χ4v) is 3.16. The average molecular weight is 314 g/mol. The first kappa shape index (κ1) is 15.7. The van der Waals surface area contributed by atoms with Crippen LogP contribution >= 0.6 is 0 Å². The van der Waals surface area contributed by atoms with Crippen molar-refractivity contribution >= 4 is 5.91 Å². The first-order chi connectivity index (χ1) is 11.0. The van der Waals surface area contributed by atoms with Gasteiger partial charge in [0.05, 0.1) is 5.60 Å². The van der Waals surface area contributed by atoms with Crippen LogP contribution in [-0.2, 0) is 0 Å². The number of H-pyrrole nitrogens is 1. The minimum Gasteiger partial charge on any atom is -0.388 e. The summed E-state index contributed by atoms with van der Waals surface area (Å²) >= 11 is 0. The van der Waals surface area contributed by atoms with Crippen LogP contribution in [-0.4, -0.2) is 50.3 Å². The molecular weight excluding hydrogens is 292 g/mol. The second-order valence-corrected chi connectivity index (χ2v) is 6.41. The third-order valence-electron chi connectivity index (χ3n) is 4.40. The van der Waals surface area contributed by atoms with Crippen molar-refractivity contribution < 1.29 is 9.90 Å². The van der Waals surface area contributed by atoms with Crippen molar-refractivity contribution in [1.29, 1.82) is 0 Å². The molecule has 23 heavy (non-hydrogen) atoms. The molecule has 6 nitrogen and oxygen atoms in total. The Morgan fingerprint density at radius 1 is 1.30 bits per heavy atom. The first-order valence-electron chi connectivity index (χ1n) is 7.94. The number of hydrogen-bond donors (Lipinski definition) is 2. The third kappa shape index (κ3) is 3.42. The van der Waals surface area contributed by atoms with Gasteiger partial charge >= 0.3 is 0 Å². The van der Waals surface area contributed by atoms with E-state index >= 15 is 0 Å². The number of aryl methyl sites for hydroxylation is 1. The van der Waals surface area contributed by atoms with Gasteiger partial charge in [-0.25, -0.2) is 4.98 Å². The number of benzene rings is 1. The average Bonchev–Trinajstić information content (AvgIpc) is 3.15. The second-order valence-electron chi connectivity index (χ2n) is 6.41. The molecule has 3 rings (SSSR count). The Balaban J connectivity index is 1.69. The molecule has 0 spiro atoms. The van der Waals surface area contributed by atoms with Gasteiger partial charge in [0.25, 0.3) is 5.91 Å². The number of aliphatic hydroxyl groups is 1. The van der Waals surface area contributed by atoms with Crippen molar-refractivity contribution in [3.8, 4) is 11.4 Å². The Morgan fingerprint density at radius 2 is 1.96 bits per heavy atom. The zero-order chi connectivity index (χ0) is 16.4. The molecule has 1 aliphatic rings. The molecule has 1 aromatic heterocycles. The quantitative estimate of drug-likeness (QED) is 0.906. The molecule has 1 aliphatic carbocycles. The highest BCUT2D eigenvalue weighted by Crippen LogP contribution is 2.30. The number of aromatic nitrogens is 3. The van der Waals surface area contributed by atoms with E-state index in [4.69, 9.17) is 0 Å². The summed E-state index contributed by atoms with van der Waals surface area (Å²) in [5.74, 6) is 1.29. The molecule has 1 fully saturated rings. The van der Waals surface area contributed by atoms with Crippen LogP contribution in [0.4, 0.5) is 0 Å². The molecule has 2 aromatic rings. The Hall–Kier alpha value is -2.21. The molecule has 0 aliphatic heterocycles.